The van der Waals surface area contributed by atoms with Crippen LogP contribution in [0.2, 0.25) is 0 Å². The van der Waals surface area contributed by atoms with E-state index in [1.165, 1.54) is 5.56 Å². The maximum Gasteiger partial charge on any atom is 0.0662 e. The predicted octanol–water partition coefficient (Wildman–Crippen LogP) is 0.444. The molecule has 0 unspecified atom stereocenters. The van der Waals surface area contributed by atoms with Crippen molar-refractivity contribution in [3.63, 3.8) is 0 Å². The lowest BCUT2D eigenvalue weighted by Crippen LogP contribution is -2.62. The summed E-state index contributed by atoms with van der Waals surface area (Å²) in [5.74, 6) is 0. The zero-order valence-corrected chi connectivity index (χ0v) is 6.38. The van der Waals surface area contributed by atoms with Crippen LogP contribution in [-0.2, 0) is 5.54 Å². The van der Waals surface area contributed by atoms with Crippen molar-refractivity contribution in [2.75, 3.05) is 13.1 Å². The number of hydrogen-bond donors (Lipinski definition) is 2. The highest BCUT2D eigenvalue weighted by atomic mass is 15.1. The van der Waals surface area contributed by atoms with E-state index in [1.807, 2.05) is 18.2 Å². The molecule has 0 aromatic heterocycles. The van der Waals surface area contributed by atoms with Crippen LogP contribution in [0.3, 0.4) is 0 Å². The van der Waals surface area contributed by atoms with Crippen molar-refractivity contribution >= 4 is 0 Å². The topological polar surface area (TPSA) is 38.0 Å². The summed E-state index contributed by atoms with van der Waals surface area (Å²) < 4.78 is 0. The summed E-state index contributed by atoms with van der Waals surface area (Å²) in [7, 11) is 0. The molecule has 1 saturated heterocycles. The summed E-state index contributed by atoms with van der Waals surface area (Å²) in [5, 5.41) is 3.18. The molecule has 1 aromatic carbocycles. The molecule has 1 aliphatic heterocycles. The molecule has 0 spiro atoms. The molecule has 0 amide bonds. The summed E-state index contributed by atoms with van der Waals surface area (Å²) in [6.07, 6.45) is 0. The summed E-state index contributed by atoms with van der Waals surface area (Å²) in [6.45, 7) is 1.80. The average Bonchev–Trinajstić information content (AvgIpc) is 2.02. The van der Waals surface area contributed by atoms with Gasteiger partial charge in [0.25, 0.3) is 0 Å². The van der Waals surface area contributed by atoms with Crippen molar-refractivity contribution in [3.05, 3.63) is 35.9 Å². The van der Waals surface area contributed by atoms with Gasteiger partial charge in [-0.25, -0.2) is 0 Å². The van der Waals surface area contributed by atoms with Crippen LogP contribution in [0.4, 0.5) is 0 Å². The zero-order valence-electron chi connectivity index (χ0n) is 6.38. The minimum Gasteiger partial charge on any atom is -0.319 e. The number of benzene rings is 1. The minimum atomic E-state index is -0.0960. The first-order chi connectivity index (χ1) is 5.31. The monoisotopic (exact) mass is 148 g/mol. The van der Waals surface area contributed by atoms with Gasteiger partial charge in [0, 0.05) is 13.1 Å². The van der Waals surface area contributed by atoms with E-state index in [9.17, 15) is 0 Å². The molecular formula is C9H12N2. The summed E-state index contributed by atoms with van der Waals surface area (Å²) in [4.78, 5) is 0. The van der Waals surface area contributed by atoms with Gasteiger partial charge in [0.1, 0.15) is 0 Å². The molecule has 1 fully saturated rings. The van der Waals surface area contributed by atoms with Crippen molar-refractivity contribution < 1.29 is 0 Å². The van der Waals surface area contributed by atoms with Gasteiger partial charge in [0.05, 0.1) is 5.54 Å². The van der Waals surface area contributed by atoms with E-state index in [1.54, 1.807) is 0 Å². The highest BCUT2D eigenvalue weighted by Crippen LogP contribution is 2.21. The minimum absolute atomic E-state index is 0.0960. The fraction of sp³-hybridized carbons (Fsp3) is 0.333. The van der Waals surface area contributed by atoms with Gasteiger partial charge < -0.3 is 11.1 Å². The molecule has 2 nitrogen and oxygen atoms in total. The number of nitrogens with two attached hydrogens (primary N) is 1. The Kier molecular flexibility index (Phi) is 1.44. The normalized spacial score (nSPS) is 20.8. The van der Waals surface area contributed by atoms with Crippen LogP contribution >= 0.6 is 0 Å². The summed E-state index contributed by atoms with van der Waals surface area (Å²) in [5.41, 5.74) is 7.20. The third-order valence-corrected chi connectivity index (χ3v) is 2.23. The van der Waals surface area contributed by atoms with Crippen molar-refractivity contribution in [1.29, 1.82) is 0 Å². The Labute approximate surface area is 66.4 Å². The Morgan fingerprint density at radius 2 is 1.82 bits per heavy atom. The lowest BCUT2D eigenvalue weighted by Gasteiger charge is -2.39. The standard InChI is InChI=1S/C9H12N2/c10-9(6-11-7-9)8-4-2-1-3-5-8/h1-5,11H,6-7,10H2. The second-order valence-electron chi connectivity index (χ2n) is 3.13. The molecule has 0 saturated carbocycles. The lowest BCUT2D eigenvalue weighted by molar-refractivity contribution is 0.287. The summed E-state index contributed by atoms with van der Waals surface area (Å²) in [6, 6.07) is 10.2. The van der Waals surface area contributed by atoms with Crippen LogP contribution in [0.1, 0.15) is 5.56 Å². The quantitative estimate of drug-likeness (QED) is 0.606. The zero-order chi connectivity index (χ0) is 7.73. The smallest absolute Gasteiger partial charge is 0.0662 e. The average molecular weight is 148 g/mol. The largest absolute Gasteiger partial charge is 0.319 e. The number of rotatable bonds is 1. The molecule has 0 atom stereocenters. The van der Waals surface area contributed by atoms with E-state index in [4.69, 9.17) is 5.73 Å². The van der Waals surface area contributed by atoms with Crippen LogP contribution < -0.4 is 11.1 Å². The molecular weight excluding hydrogens is 136 g/mol. The maximum atomic E-state index is 6.06. The molecule has 0 aliphatic carbocycles. The first-order valence-corrected chi connectivity index (χ1v) is 3.86. The Bertz CT molecular complexity index is 239. The second kappa shape index (κ2) is 2.32. The lowest BCUT2D eigenvalue weighted by atomic mass is 9.86. The van der Waals surface area contributed by atoms with Gasteiger partial charge in [0.2, 0.25) is 0 Å². The first kappa shape index (κ1) is 6.83. The third-order valence-electron chi connectivity index (χ3n) is 2.23. The molecule has 11 heavy (non-hydrogen) atoms. The fourth-order valence-corrected chi connectivity index (χ4v) is 1.37. The molecule has 3 N–H and O–H groups in total. The van der Waals surface area contributed by atoms with Crippen molar-refractivity contribution in [3.8, 4) is 0 Å². The van der Waals surface area contributed by atoms with E-state index in [2.05, 4.69) is 17.4 Å². The maximum absolute atomic E-state index is 6.06. The van der Waals surface area contributed by atoms with Gasteiger partial charge in [-0.1, -0.05) is 30.3 Å². The van der Waals surface area contributed by atoms with Crippen LogP contribution in [0.5, 0.6) is 0 Å². The first-order valence-electron chi connectivity index (χ1n) is 3.86. The molecule has 0 bridgehead atoms. The van der Waals surface area contributed by atoms with Gasteiger partial charge in [-0.15, -0.1) is 0 Å². The van der Waals surface area contributed by atoms with Crippen LogP contribution in [0.15, 0.2) is 30.3 Å². The van der Waals surface area contributed by atoms with Gasteiger partial charge in [0.15, 0.2) is 0 Å². The van der Waals surface area contributed by atoms with Gasteiger partial charge >= 0.3 is 0 Å². The van der Waals surface area contributed by atoms with E-state index in [0.29, 0.717) is 0 Å². The van der Waals surface area contributed by atoms with Crippen LogP contribution in [0.25, 0.3) is 0 Å². The fourth-order valence-electron chi connectivity index (χ4n) is 1.37. The third kappa shape index (κ3) is 1.04. The van der Waals surface area contributed by atoms with Gasteiger partial charge in [-0.05, 0) is 5.56 Å². The van der Waals surface area contributed by atoms with Crippen molar-refractivity contribution in [1.82, 2.24) is 5.32 Å². The Morgan fingerprint density at radius 3 is 2.27 bits per heavy atom. The van der Waals surface area contributed by atoms with E-state index >= 15 is 0 Å². The van der Waals surface area contributed by atoms with E-state index < -0.39 is 0 Å². The Balaban J connectivity index is 2.29. The predicted molar refractivity (Wildman–Crippen MR) is 45.2 cm³/mol. The number of nitrogens with one attached hydrogen (secondary N) is 1. The molecule has 1 heterocycles. The van der Waals surface area contributed by atoms with Crippen LogP contribution in [-0.4, -0.2) is 13.1 Å². The SMILES string of the molecule is NC1(c2ccccc2)CNC1. The Morgan fingerprint density at radius 1 is 1.18 bits per heavy atom. The molecule has 58 valence electrons. The van der Waals surface area contributed by atoms with E-state index in [-0.39, 0.29) is 5.54 Å². The second-order valence-corrected chi connectivity index (χ2v) is 3.13. The number of hydrogen-bond acceptors (Lipinski definition) is 2. The van der Waals surface area contributed by atoms with Gasteiger partial charge in [-0.2, -0.15) is 0 Å². The van der Waals surface area contributed by atoms with Gasteiger partial charge in [-0.3, -0.25) is 0 Å². The molecule has 0 radical (unpaired) electrons. The highest BCUT2D eigenvalue weighted by molar-refractivity contribution is 5.27. The van der Waals surface area contributed by atoms with Crippen LogP contribution in [0, 0.1) is 0 Å². The Hall–Kier alpha value is -0.860. The summed E-state index contributed by atoms with van der Waals surface area (Å²) >= 11 is 0. The molecule has 1 aliphatic rings. The molecule has 2 heteroatoms. The van der Waals surface area contributed by atoms with E-state index in [0.717, 1.165) is 13.1 Å². The highest BCUT2D eigenvalue weighted by Gasteiger charge is 2.33. The molecule has 1 aromatic rings. The van der Waals surface area contributed by atoms with Crippen molar-refractivity contribution in [2.45, 2.75) is 5.54 Å². The van der Waals surface area contributed by atoms with Crippen molar-refractivity contribution in [2.24, 2.45) is 5.73 Å². The molecule has 2 rings (SSSR count).